The van der Waals surface area contributed by atoms with E-state index in [4.69, 9.17) is 9.84 Å². The number of benzene rings is 1. The van der Waals surface area contributed by atoms with Crippen molar-refractivity contribution < 1.29 is 14.2 Å². The first-order valence-corrected chi connectivity index (χ1v) is 6.56. The molecule has 19 heavy (non-hydrogen) atoms. The summed E-state index contributed by atoms with van der Waals surface area (Å²) in [6, 6.07) is 5.07. The van der Waals surface area contributed by atoms with Gasteiger partial charge in [0.15, 0.2) is 0 Å². The maximum Gasteiger partial charge on any atom is 0.146 e. The second-order valence-electron chi connectivity index (χ2n) is 4.26. The molecule has 0 fully saturated rings. The van der Waals surface area contributed by atoms with E-state index in [0.717, 1.165) is 12.1 Å². The van der Waals surface area contributed by atoms with E-state index in [9.17, 15) is 4.39 Å². The number of methoxy groups -OCH3 is 1. The van der Waals surface area contributed by atoms with Gasteiger partial charge in [0.1, 0.15) is 5.82 Å². The van der Waals surface area contributed by atoms with Crippen LogP contribution in [0.1, 0.15) is 12.5 Å². The van der Waals surface area contributed by atoms with Gasteiger partial charge in [-0.15, -0.1) is 0 Å². The summed E-state index contributed by atoms with van der Waals surface area (Å²) >= 11 is 0. The van der Waals surface area contributed by atoms with E-state index in [0.29, 0.717) is 31.9 Å². The van der Waals surface area contributed by atoms with Crippen LogP contribution in [0.15, 0.2) is 18.2 Å². The molecule has 0 aliphatic rings. The number of halogens is 1. The standard InChI is InChI=1S/C14H23FN2O2/c1-3-17(7-8-18)14-10-12(4-5-13(14)15)11-16-6-9-19-2/h4-5,10,16,18H,3,6-9,11H2,1-2H3. The fourth-order valence-electron chi connectivity index (χ4n) is 1.89. The number of anilines is 1. The zero-order valence-electron chi connectivity index (χ0n) is 11.7. The average Bonchev–Trinajstić information content (AvgIpc) is 2.43. The Kier molecular flexibility index (Phi) is 7.40. The number of hydrogen-bond donors (Lipinski definition) is 2. The number of nitrogens with zero attached hydrogens (tertiary/aromatic N) is 1. The first-order valence-electron chi connectivity index (χ1n) is 6.56. The molecule has 0 saturated carbocycles. The Morgan fingerprint density at radius 1 is 1.42 bits per heavy atom. The summed E-state index contributed by atoms with van der Waals surface area (Å²) in [6.45, 7) is 5.15. The van der Waals surface area contributed by atoms with Crippen LogP contribution in [0.25, 0.3) is 0 Å². The van der Waals surface area contributed by atoms with Crippen molar-refractivity contribution in [2.24, 2.45) is 0 Å². The Bertz CT molecular complexity index is 374. The van der Waals surface area contributed by atoms with Gasteiger partial charge in [-0.1, -0.05) is 6.07 Å². The lowest BCUT2D eigenvalue weighted by molar-refractivity contribution is 0.199. The van der Waals surface area contributed by atoms with Gasteiger partial charge in [0.2, 0.25) is 0 Å². The maximum atomic E-state index is 13.8. The molecule has 2 N–H and O–H groups in total. The van der Waals surface area contributed by atoms with Gasteiger partial charge in [0, 0.05) is 33.3 Å². The smallest absolute Gasteiger partial charge is 0.146 e. The van der Waals surface area contributed by atoms with Gasteiger partial charge < -0.3 is 20.1 Å². The van der Waals surface area contributed by atoms with Crippen LogP contribution in [-0.4, -0.2) is 45.1 Å². The second kappa shape index (κ2) is 8.85. The Balaban J connectivity index is 2.69. The Morgan fingerprint density at radius 3 is 2.84 bits per heavy atom. The van der Waals surface area contributed by atoms with Crippen LogP contribution in [0.5, 0.6) is 0 Å². The molecule has 108 valence electrons. The van der Waals surface area contributed by atoms with Gasteiger partial charge in [0.25, 0.3) is 0 Å². The zero-order chi connectivity index (χ0) is 14.1. The molecule has 1 rings (SSSR count). The van der Waals surface area contributed by atoms with E-state index in [1.165, 1.54) is 6.07 Å². The molecule has 4 nitrogen and oxygen atoms in total. The topological polar surface area (TPSA) is 44.7 Å². The van der Waals surface area contributed by atoms with Gasteiger partial charge in [-0.3, -0.25) is 0 Å². The Labute approximate surface area is 114 Å². The normalized spacial score (nSPS) is 10.7. The summed E-state index contributed by atoms with van der Waals surface area (Å²) in [7, 11) is 1.66. The summed E-state index contributed by atoms with van der Waals surface area (Å²) in [5.41, 5.74) is 1.56. The lowest BCUT2D eigenvalue weighted by Crippen LogP contribution is -2.27. The lowest BCUT2D eigenvalue weighted by Gasteiger charge is -2.23. The number of aliphatic hydroxyl groups excluding tert-OH is 1. The minimum atomic E-state index is -0.254. The number of nitrogens with one attached hydrogen (secondary N) is 1. The predicted octanol–water partition coefficient (Wildman–Crippen LogP) is 1.38. The fraction of sp³-hybridized carbons (Fsp3) is 0.571. The summed E-state index contributed by atoms with van der Waals surface area (Å²) in [5.74, 6) is -0.254. The van der Waals surface area contributed by atoms with E-state index in [1.54, 1.807) is 13.2 Å². The molecule has 5 heteroatoms. The quantitative estimate of drug-likeness (QED) is 0.665. The third-order valence-electron chi connectivity index (χ3n) is 2.91. The maximum absolute atomic E-state index is 13.8. The molecule has 0 unspecified atom stereocenters. The number of likely N-dealkylation sites (N-methyl/N-ethyl adjacent to an activating group) is 1. The van der Waals surface area contributed by atoms with Crippen LogP contribution in [0.3, 0.4) is 0 Å². The average molecular weight is 270 g/mol. The SMILES string of the molecule is CCN(CCO)c1cc(CNCCOC)ccc1F. The second-order valence-corrected chi connectivity index (χ2v) is 4.26. The van der Waals surface area contributed by atoms with Crippen LogP contribution >= 0.6 is 0 Å². The summed E-state index contributed by atoms with van der Waals surface area (Å²) in [4.78, 5) is 1.83. The van der Waals surface area contributed by atoms with Gasteiger partial charge in [-0.2, -0.15) is 0 Å². The van der Waals surface area contributed by atoms with Gasteiger partial charge >= 0.3 is 0 Å². The molecular formula is C14H23FN2O2. The van der Waals surface area contributed by atoms with Crippen molar-refractivity contribution in [3.05, 3.63) is 29.6 Å². The molecule has 1 aromatic carbocycles. The molecule has 0 heterocycles. The highest BCUT2D eigenvalue weighted by molar-refractivity contribution is 5.50. The summed E-state index contributed by atoms with van der Waals surface area (Å²) < 4.78 is 18.8. The van der Waals surface area contributed by atoms with Crippen LogP contribution in [0.2, 0.25) is 0 Å². The highest BCUT2D eigenvalue weighted by Crippen LogP contribution is 2.20. The van der Waals surface area contributed by atoms with Crippen molar-refractivity contribution in [2.75, 3.05) is 44.9 Å². The first kappa shape index (κ1) is 15.9. The van der Waals surface area contributed by atoms with Crippen molar-refractivity contribution in [1.29, 1.82) is 0 Å². The van der Waals surface area contributed by atoms with Crippen molar-refractivity contribution in [3.63, 3.8) is 0 Å². The highest BCUT2D eigenvalue weighted by atomic mass is 19.1. The minimum absolute atomic E-state index is 0.0175. The third-order valence-corrected chi connectivity index (χ3v) is 2.91. The molecular weight excluding hydrogens is 247 g/mol. The van der Waals surface area contributed by atoms with E-state index in [2.05, 4.69) is 5.32 Å². The highest BCUT2D eigenvalue weighted by Gasteiger charge is 2.10. The van der Waals surface area contributed by atoms with Crippen molar-refractivity contribution in [2.45, 2.75) is 13.5 Å². The van der Waals surface area contributed by atoms with Crippen molar-refractivity contribution in [3.8, 4) is 0 Å². The summed E-state index contributed by atoms with van der Waals surface area (Å²) in [5, 5.41) is 12.2. The van der Waals surface area contributed by atoms with Gasteiger partial charge in [-0.05, 0) is 24.6 Å². The largest absolute Gasteiger partial charge is 0.395 e. The first-order chi connectivity index (χ1) is 9.22. The monoisotopic (exact) mass is 270 g/mol. The van der Waals surface area contributed by atoms with Gasteiger partial charge in [-0.25, -0.2) is 4.39 Å². The van der Waals surface area contributed by atoms with E-state index in [-0.39, 0.29) is 12.4 Å². The van der Waals surface area contributed by atoms with Crippen LogP contribution in [0.4, 0.5) is 10.1 Å². The third kappa shape index (κ3) is 5.14. The molecule has 0 radical (unpaired) electrons. The van der Waals surface area contributed by atoms with Crippen molar-refractivity contribution >= 4 is 5.69 Å². The van der Waals surface area contributed by atoms with Gasteiger partial charge in [0.05, 0.1) is 18.9 Å². The van der Waals surface area contributed by atoms with E-state index < -0.39 is 0 Å². The van der Waals surface area contributed by atoms with Crippen molar-refractivity contribution in [1.82, 2.24) is 5.32 Å². The molecule has 0 atom stereocenters. The number of rotatable bonds is 9. The molecule has 0 aliphatic heterocycles. The number of ether oxygens (including phenoxy) is 1. The Morgan fingerprint density at radius 2 is 2.21 bits per heavy atom. The molecule has 0 amide bonds. The number of hydrogen-bond acceptors (Lipinski definition) is 4. The summed E-state index contributed by atoms with van der Waals surface area (Å²) in [6.07, 6.45) is 0. The zero-order valence-corrected chi connectivity index (χ0v) is 11.7. The predicted molar refractivity (Wildman–Crippen MR) is 75.0 cm³/mol. The molecule has 1 aromatic rings. The van der Waals surface area contributed by atoms with Crippen LogP contribution in [-0.2, 0) is 11.3 Å². The van der Waals surface area contributed by atoms with Crippen LogP contribution < -0.4 is 10.2 Å². The molecule has 0 spiro atoms. The van der Waals surface area contributed by atoms with Crippen LogP contribution in [0, 0.1) is 5.82 Å². The lowest BCUT2D eigenvalue weighted by atomic mass is 10.1. The number of aliphatic hydroxyl groups is 1. The molecule has 0 aromatic heterocycles. The molecule has 0 aliphatic carbocycles. The van der Waals surface area contributed by atoms with E-state index in [1.807, 2.05) is 17.9 Å². The molecule has 0 saturated heterocycles. The molecule has 0 bridgehead atoms. The Hall–Kier alpha value is -1.17. The van der Waals surface area contributed by atoms with E-state index >= 15 is 0 Å². The minimum Gasteiger partial charge on any atom is -0.395 e. The fourth-order valence-corrected chi connectivity index (χ4v) is 1.89.